The van der Waals surface area contributed by atoms with Crippen molar-refractivity contribution in [1.29, 1.82) is 0 Å². The van der Waals surface area contributed by atoms with Crippen molar-refractivity contribution in [1.82, 2.24) is 0 Å². The summed E-state index contributed by atoms with van der Waals surface area (Å²) < 4.78 is 83.1. The average molecular weight is 425 g/mol. The molecule has 0 spiro atoms. The van der Waals surface area contributed by atoms with E-state index < -0.39 is 46.8 Å². The van der Waals surface area contributed by atoms with Crippen LogP contribution in [0.3, 0.4) is 0 Å². The Morgan fingerprint density at radius 3 is 2.00 bits per heavy atom. The van der Waals surface area contributed by atoms with Gasteiger partial charge in [-0.15, -0.1) is 0 Å². The molecule has 0 aromatic rings. The summed E-state index contributed by atoms with van der Waals surface area (Å²) in [6.45, 7) is 0. The quantitative estimate of drug-likeness (QED) is 0.238. The molecule has 0 radical (unpaired) electrons. The number of ether oxygens (including phenoxy) is 1. The molecule has 4 rings (SSSR count). The van der Waals surface area contributed by atoms with Crippen LogP contribution in [-0.2, 0) is 18.9 Å². The predicted molar refractivity (Wildman–Crippen MR) is 73.0 cm³/mol. The van der Waals surface area contributed by atoms with Gasteiger partial charge in [-0.1, -0.05) is 0 Å². The van der Waals surface area contributed by atoms with Crippen molar-refractivity contribution in [2.75, 3.05) is 0 Å². The molecule has 6 nitrogen and oxygen atoms in total. The van der Waals surface area contributed by atoms with Crippen molar-refractivity contribution in [2.24, 2.45) is 17.8 Å². The highest BCUT2D eigenvalue weighted by atomic mass is 32.2. The topological polar surface area (TPSA) is 88.1 Å². The number of rotatable bonds is 5. The van der Waals surface area contributed by atoms with Crippen LogP contribution in [0.1, 0.15) is 32.1 Å². The first-order valence-electron chi connectivity index (χ1n) is 8.04. The van der Waals surface area contributed by atoms with Gasteiger partial charge in [0.15, 0.2) is 0 Å². The Hall–Kier alpha value is -0.760. The number of esters is 1. The van der Waals surface area contributed by atoms with Crippen molar-refractivity contribution >= 4 is 18.0 Å². The predicted octanol–water partition coefficient (Wildman–Crippen LogP) is 2.20. The van der Waals surface area contributed by atoms with Gasteiger partial charge in [0.25, 0.3) is 0 Å². The Balaban J connectivity index is 1.91. The molecule has 4 aliphatic carbocycles. The van der Waals surface area contributed by atoms with Gasteiger partial charge in [-0.3, -0.25) is 5.04 Å². The summed E-state index contributed by atoms with van der Waals surface area (Å²) >= 11 is -1.49. The molecule has 0 amide bonds. The monoisotopic (exact) mass is 425 g/mol. The molecule has 4 fully saturated rings. The number of carbonyl (C=O) groups excluding carboxylic acids is 1. The summed E-state index contributed by atoms with van der Waals surface area (Å²) in [5.74, 6) is -3.34. The fourth-order valence-corrected chi connectivity index (χ4v) is 5.33. The average Bonchev–Trinajstić information content (AvgIpc) is 2.49. The fourth-order valence-electron chi connectivity index (χ4n) is 4.90. The van der Waals surface area contributed by atoms with E-state index in [2.05, 4.69) is 9.37 Å². The van der Waals surface area contributed by atoms with Crippen molar-refractivity contribution in [3.63, 3.8) is 0 Å². The molecule has 0 aromatic heterocycles. The molecule has 0 heterocycles. The molecule has 4 aliphatic rings. The van der Waals surface area contributed by atoms with Crippen LogP contribution in [0, 0.1) is 17.8 Å². The third-order valence-electron chi connectivity index (χ3n) is 5.75. The molecule has 4 bridgehead atoms. The number of aliphatic hydroxyl groups is 1. The van der Waals surface area contributed by atoms with Crippen LogP contribution in [0.25, 0.3) is 0 Å². The van der Waals surface area contributed by atoms with Crippen molar-refractivity contribution in [2.45, 2.75) is 60.9 Å². The molecule has 0 aromatic carbocycles. The van der Waals surface area contributed by atoms with E-state index in [-0.39, 0.29) is 37.0 Å². The molecule has 27 heavy (non-hydrogen) atoms. The Kier molecular flexibility index (Phi) is 5.16. The van der Waals surface area contributed by atoms with Crippen LogP contribution in [0.2, 0.25) is 0 Å². The second-order valence-electron chi connectivity index (χ2n) is 7.43. The van der Waals surface area contributed by atoms with Gasteiger partial charge in [0, 0.05) is 0 Å². The highest BCUT2D eigenvalue weighted by Crippen LogP contribution is 2.59. The molecule has 13 heteroatoms. The van der Waals surface area contributed by atoms with E-state index in [1.807, 2.05) is 0 Å². The van der Waals surface area contributed by atoms with Crippen LogP contribution in [-0.4, -0.2) is 39.9 Å². The van der Waals surface area contributed by atoms with Crippen LogP contribution < -0.4 is 5.26 Å². The maximum absolute atomic E-state index is 13.3. The third kappa shape index (κ3) is 3.30. The lowest BCUT2D eigenvalue weighted by molar-refractivity contribution is -0.777. The zero-order valence-electron chi connectivity index (χ0n) is 13.5. The number of aliphatic hydroxyl groups excluding tert-OH is 1. The SMILES string of the molecule is O=C(OC12CC3CC(C1)C(O)C(C3)C2)C(SOO[O-])(C(F)(F)F)C(F)(F)F. The smallest absolute Gasteiger partial charge is 0.425 e. The van der Waals surface area contributed by atoms with Crippen molar-refractivity contribution < 1.29 is 55.6 Å². The van der Waals surface area contributed by atoms with E-state index >= 15 is 0 Å². The Bertz CT molecular complexity index is 566. The lowest BCUT2D eigenvalue weighted by atomic mass is 9.53. The van der Waals surface area contributed by atoms with Crippen LogP contribution in [0.4, 0.5) is 26.3 Å². The van der Waals surface area contributed by atoms with Gasteiger partial charge < -0.3 is 15.1 Å². The second-order valence-corrected chi connectivity index (χ2v) is 8.34. The maximum Gasteiger partial charge on any atom is 0.425 e. The third-order valence-corrected chi connectivity index (χ3v) is 6.75. The highest BCUT2D eigenvalue weighted by Gasteiger charge is 2.79. The maximum atomic E-state index is 13.3. The van der Waals surface area contributed by atoms with E-state index in [0.29, 0.717) is 12.8 Å². The molecular weight excluding hydrogens is 410 g/mol. The normalized spacial score (nSPS) is 36.1. The standard InChI is InChI=1S/C14H16F6O6S/c15-13(16,17)12(14(18,19)20,27-26-25-23)10(22)24-11-3-6-1-7(4-11)9(21)8(2-6)5-11/h6-9,21,23H,1-5H2/p-1. The summed E-state index contributed by atoms with van der Waals surface area (Å²) in [5, 5.41) is 22.6. The van der Waals surface area contributed by atoms with E-state index in [9.17, 15) is 41.5 Å². The van der Waals surface area contributed by atoms with Gasteiger partial charge in [-0.25, -0.2) is 4.79 Å². The van der Waals surface area contributed by atoms with Gasteiger partial charge in [-0.2, -0.15) is 30.7 Å². The zero-order chi connectivity index (χ0) is 20.3. The Labute approximate surface area is 153 Å². The summed E-state index contributed by atoms with van der Waals surface area (Å²) in [7, 11) is 0. The number of carbonyl (C=O) groups is 1. The summed E-state index contributed by atoms with van der Waals surface area (Å²) in [5.41, 5.74) is -1.51. The minimum absolute atomic E-state index is 0.0116. The van der Waals surface area contributed by atoms with E-state index in [1.165, 1.54) is 0 Å². The fraction of sp³-hybridized carbons (Fsp3) is 0.929. The highest BCUT2D eigenvalue weighted by molar-refractivity contribution is 7.96. The molecule has 0 saturated heterocycles. The molecule has 1 N–H and O–H groups in total. The van der Waals surface area contributed by atoms with Gasteiger partial charge in [0.2, 0.25) is 0 Å². The minimum Gasteiger partial charge on any atom is -0.691 e. The van der Waals surface area contributed by atoms with Gasteiger partial charge in [-0.05, 0) is 49.9 Å². The van der Waals surface area contributed by atoms with E-state index in [4.69, 9.17) is 4.74 Å². The van der Waals surface area contributed by atoms with E-state index in [0.717, 1.165) is 0 Å². The van der Waals surface area contributed by atoms with E-state index in [1.54, 1.807) is 0 Å². The summed E-state index contributed by atoms with van der Waals surface area (Å²) in [6.07, 6.45) is -11.8. The van der Waals surface area contributed by atoms with Gasteiger partial charge in [0.05, 0.1) is 18.1 Å². The molecule has 156 valence electrons. The number of hydrogen-bond donors (Lipinski definition) is 1. The van der Waals surface area contributed by atoms with Crippen LogP contribution in [0.15, 0.2) is 0 Å². The Morgan fingerprint density at radius 2 is 1.56 bits per heavy atom. The van der Waals surface area contributed by atoms with Gasteiger partial charge in [0.1, 0.15) is 5.60 Å². The first-order chi connectivity index (χ1) is 12.4. The number of hydrogen-bond acceptors (Lipinski definition) is 7. The summed E-state index contributed by atoms with van der Waals surface area (Å²) in [6, 6.07) is 0. The largest absolute Gasteiger partial charge is 0.691 e. The number of halogens is 6. The second kappa shape index (κ2) is 6.65. The molecular formula is C14H15F6O6S-. The van der Waals surface area contributed by atoms with Gasteiger partial charge >= 0.3 is 23.1 Å². The zero-order valence-corrected chi connectivity index (χ0v) is 14.3. The van der Waals surface area contributed by atoms with Crippen molar-refractivity contribution in [3.05, 3.63) is 0 Å². The number of alkyl halides is 6. The lowest BCUT2D eigenvalue weighted by Crippen LogP contribution is -2.64. The molecule has 0 aliphatic heterocycles. The molecule has 2 atom stereocenters. The van der Waals surface area contributed by atoms with Crippen molar-refractivity contribution in [3.8, 4) is 0 Å². The minimum atomic E-state index is -6.17. The van der Waals surface area contributed by atoms with Crippen LogP contribution >= 0.6 is 12.0 Å². The Morgan fingerprint density at radius 1 is 1.04 bits per heavy atom. The lowest BCUT2D eigenvalue weighted by Gasteiger charge is -2.58. The molecule has 4 saturated carbocycles. The molecule has 2 unspecified atom stereocenters. The first-order valence-corrected chi connectivity index (χ1v) is 8.79. The summed E-state index contributed by atoms with van der Waals surface area (Å²) in [4.78, 5) is 12.2. The van der Waals surface area contributed by atoms with Crippen LogP contribution in [0.5, 0.6) is 0 Å². The first kappa shape index (κ1) is 21.0.